The monoisotopic (exact) mass is 377 g/mol. The highest BCUT2D eigenvalue weighted by molar-refractivity contribution is 5.50. The molecule has 5 nitrogen and oxygen atoms in total. The van der Waals surface area contributed by atoms with Gasteiger partial charge in [0.2, 0.25) is 5.95 Å². The summed E-state index contributed by atoms with van der Waals surface area (Å²) in [7, 11) is 0. The lowest BCUT2D eigenvalue weighted by molar-refractivity contribution is 0.612. The van der Waals surface area contributed by atoms with Crippen LogP contribution in [0.5, 0.6) is 0 Å². The molecule has 0 aliphatic carbocycles. The fourth-order valence-corrected chi connectivity index (χ4v) is 3.44. The predicted octanol–water partition coefficient (Wildman–Crippen LogP) is 3.86. The van der Waals surface area contributed by atoms with E-state index in [9.17, 15) is 4.39 Å². The number of hydrogen-bond donors (Lipinski definition) is 1. The van der Waals surface area contributed by atoms with E-state index in [1.807, 2.05) is 25.1 Å². The molecular weight excluding hydrogens is 353 g/mol. The number of hydrogen-bond acceptors (Lipinski definition) is 5. The van der Waals surface area contributed by atoms with E-state index < -0.39 is 0 Å². The Bertz CT molecular complexity index is 923. The van der Waals surface area contributed by atoms with Crippen LogP contribution in [0, 0.1) is 12.7 Å². The number of aromatic nitrogens is 2. The molecule has 1 fully saturated rings. The number of halogens is 1. The summed E-state index contributed by atoms with van der Waals surface area (Å²) < 4.78 is 13.8. The number of para-hydroxylation sites is 1. The third-order valence-corrected chi connectivity index (χ3v) is 4.96. The van der Waals surface area contributed by atoms with Crippen molar-refractivity contribution < 1.29 is 4.39 Å². The lowest BCUT2D eigenvalue weighted by Crippen LogP contribution is -2.46. The van der Waals surface area contributed by atoms with E-state index in [4.69, 9.17) is 0 Å². The molecule has 1 aliphatic heterocycles. The first-order chi connectivity index (χ1) is 13.7. The van der Waals surface area contributed by atoms with Gasteiger partial charge in [0.1, 0.15) is 11.6 Å². The van der Waals surface area contributed by atoms with E-state index in [0.717, 1.165) is 37.7 Å². The van der Waals surface area contributed by atoms with Crippen molar-refractivity contribution >= 4 is 17.5 Å². The number of nitrogens with one attached hydrogen (secondary N) is 1. The second-order valence-corrected chi connectivity index (χ2v) is 6.95. The third kappa shape index (κ3) is 4.22. The molecule has 4 rings (SSSR count). The van der Waals surface area contributed by atoms with Crippen molar-refractivity contribution in [2.75, 3.05) is 41.3 Å². The standard InChI is InChI=1S/C22H24FN5/c1-17-15-21(26-22(25-17)24-16-18-7-5-6-10-20(18)23)28-13-11-27(12-14-28)19-8-3-2-4-9-19/h2-10,15H,11-14,16H2,1H3,(H,24,25,26). The minimum Gasteiger partial charge on any atom is -0.368 e. The van der Waals surface area contributed by atoms with Gasteiger partial charge in [0, 0.05) is 55.7 Å². The van der Waals surface area contributed by atoms with Crippen molar-refractivity contribution in [1.29, 1.82) is 0 Å². The smallest absolute Gasteiger partial charge is 0.225 e. The molecule has 2 aromatic carbocycles. The van der Waals surface area contributed by atoms with Gasteiger partial charge in [-0.2, -0.15) is 4.98 Å². The molecule has 0 spiro atoms. The fraction of sp³-hybridized carbons (Fsp3) is 0.273. The molecule has 1 aromatic heterocycles. The maximum atomic E-state index is 13.8. The van der Waals surface area contributed by atoms with E-state index in [0.29, 0.717) is 18.1 Å². The van der Waals surface area contributed by atoms with E-state index in [2.05, 4.69) is 49.4 Å². The molecule has 0 unspecified atom stereocenters. The van der Waals surface area contributed by atoms with Gasteiger partial charge in [-0.3, -0.25) is 0 Å². The van der Waals surface area contributed by atoms with Crippen molar-refractivity contribution in [3.63, 3.8) is 0 Å². The Morgan fingerprint density at radius 2 is 1.57 bits per heavy atom. The minimum absolute atomic E-state index is 0.222. The van der Waals surface area contributed by atoms with E-state index in [-0.39, 0.29) is 5.82 Å². The van der Waals surface area contributed by atoms with Gasteiger partial charge in [0.25, 0.3) is 0 Å². The van der Waals surface area contributed by atoms with Crippen molar-refractivity contribution in [2.45, 2.75) is 13.5 Å². The number of rotatable bonds is 5. The lowest BCUT2D eigenvalue weighted by atomic mass is 10.2. The molecule has 0 amide bonds. The number of piperazine rings is 1. The molecule has 0 saturated carbocycles. The molecule has 0 radical (unpaired) electrons. The van der Waals surface area contributed by atoms with E-state index in [1.54, 1.807) is 12.1 Å². The number of benzene rings is 2. The largest absolute Gasteiger partial charge is 0.368 e. The van der Waals surface area contributed by atoms with Crippen molar-refractivity contribution in [3.8, 4) is 0 Å². The molecular formula is C22H24FN5. The van der Waals surface area contributed by atoms with Gasteiger partial charge in [-0.05, 0) is 25.1 Å². The minimum atomic E-state index is -0.222. The van der Waals surface area contributed by atoms with Gasteiger partial charge in [-0.25, -0.2) is 9.37 Å². The van der Waals surface area contributed by atoms with Crippen LogP contribution in [0.15, 0.2) is 60.7 Å². The maximum absolute atomic E-state index is 13.8. The van der Waals surface area contributed by atoms with Gasteiger partial charge in [0.05, 0.1) is 0 Å². The fourth-order valence-electron chi connectivity index (χ4n) is 3.44. The molecule has 0 atom stereocenters. The first-order valence-corrected chi connectivity index (χ1v) is 9.57. The SMILES string of the molecule is Cc1cc(N2CCN(c3ccccc3)CC2)nc(NCc2ccccc2F)n1. The zero-order valence-electron chi connectivity index (χ0n) is 16.0. The van der Waals surface area contributed by atoms with Gasteiger partial charge >= 0.3 is 0 Å². The number of anilines is 3. The highest BCUT2D eigenvalue weighted by atomic mass is 19.1. The topological polar surface area (TPSA) is 44.3 Å². The summed E-state index contributed by atoms with van der Waals surface area (Å²) >= 11 is 0. The molecule has 1 saturated heterocycles. The summed E-state index contributed by atoms with van der Waals surface area (Å²) in [4.78, 5) is 13.8. The lowest BCUT2D eigenvalue weighted by Gasteiger charge is -2.36. The Kier molecular flexibility index (Phi) is 5.37. The second-order valence-electron chi connectivity index (χ2n) is 6.95. The average molecular weight is 377 g/mol. The van der Waals surface area contributed by atoms with Crippen LogP contribution in [0.4, 0.5) is 21.8 Å². The maximum Gasteiger partial charge on any atom is 0.225 e. The molecule has 1 aliphatic rings. The Morgan fingerprint density at radius 3 is 2.32 bits per heavy atom. The Labute approximate surface area is 164 Å². The first kappa shape index (κ1) is 18.2. The second kappa shape index (κ2) is 8.25. The van der Waals surface area contributed by atoms with Gasteiger partial charge < -0.3 is 15.1 Å². The van der Waals surface area contributed by atoms with Crippen LogP contribution in [0.3, 0.4) is 0 Å². The van der Waals surface area contributed by atoms with Crippen molar-refractivity contribution in [2.24, 2.45) is 0 Å². The zero-order chi connectivity index (χ0) is 19.3. The molecule has 2 heterocycles. The number of aryl methyl sites for hydroxylation is 1. The van der Waals surface area contributed by atoms with Gasteiger partial charge in [-0.1, -0.05) is 36.4 Å². The third-order valence-electron chi connectivity index (χ3n) is 4.96. The van der Waals surface area contributed by atoms with Crippen LogP contribution >= 0.6 is 0 Å². The summed E-state index contributed by atoms with van der Waals surface area (Å²) in [5, 5.41) is 3.16. The Morgan fingerprint density at radius 1 is 0.893 bits per heavy atom. The highest BCUT2D eigenvalue weighted by Crippen LogP contribution is 2.21. The summed E-state index contributed by atoms with van der Waals surface area (Å²) in [6, 6.07) is 19.2. The summed E-state index contributed by atoms with van der Waals surface area (Å²) in [6.07, 6.45) is 0. The van der Waals surface area contributed by atoms with Gasteiger partial charge in [0.15, 0.2) is 0 Å². The predicted molar refractivity (Wildman–Crippen MR) is 111 cm³/mol. The van der Waals surface area contributed by atoms with Crippen LogP contribution in [-0.4, -0.2) is 36.1 Å². The number of nitrogens with zero attached hydrogens (tertiary/aromatic N) is 4. The first-order valence-electron chi connectivity index (χ1n) is 9.57. The summed E-state index contributed by atoms with van der Waals surface area (Å²) in [5.74, 6) is 1.22. The van der Waals surface area contributed by atoms with Crippen LogP contribution in [0.2, 0.25) is 0 Å². The van der Waals surface area contributed by atoms with Crippen LogP contribution in [0.1, 0.15) is 11.3 Å². The van der Waals surface area contributed by atoms with Crippen LogP contribution in [0.25, 0.3) is 0 Å². The molecule has 144 valence electrons. The molecule has 3 aromatic rings. The molecule has 1 N–H and O–H groups in total. The quantitative estimate of drug-likeness (QED) is 0.731. The normalized spacial score (nSPS) is 14.2. The van der Waals surface area contributed by atoms with Crippen molar-refractivity contribution in [3.05, 3.63) is 77.7 Å². The highest BCUT2D eigenvalue weighted by Gasteiger charge is 2.19. The Balaban J connectivity index is 1.42. The van der Waals surface area contributed by atoms with Gasteiger partial charge in [-0.15, -0.1) is 0 Å². The van der Waals surface area contributed by atoms with Crippen molar-refractivity contribution in [1.82, 2.24) is 9.97 Å². The summed E-state index contributed by atoms with van der Waals surface area (Å²) in [6.45, 7) is 6.02. The summed E-state index contributed by atoms with van der Waals surface area (Å²) in [5.41, 5.74) is 2.76. The Hall–Kier alpha value is -3.15. The molecule has 6 heteroatoms. The zero-order valence-corrected chi connectivity index (χ0v) is 16.0. The molecule has 0 bridgehead atoms. The van der Waals surface area contributed by atoms with E-state index >= 15 is 0 Å². The molecule has 28 heavy (non-hydrogen) atoms. The average Bonchev–Trinajstić information content (AvgIpc) is 2.74. The van der Waals surface area contributed by atoms with Crippen LogP contribution < -0.4 is 15.1 Å². The van der Waals surface area contributed by atoms with E-state index in [1.165, 1.54) is 11.8 Å². The van der Waals surface area contributed by atoms with Crippen LogP contribution in [-0.2, 0) is 6.54 Å².